The zero-order valence-electron chi connectivity index (χ0n) is 12.6. The maximum absolute atomic E-state index is 11.6. The summed E-state index contributed by atoms with van der Waals surface area (Å²) in [5.41, 5.74) is 2.20. The van der Waals surface area contributed by atoms with E-state index in [1.807, 2.05) is 18.2 Å². The molecule has 1 aromatic carbocycles. The number of methoxy groups -OCH3 is 1. The minimum absolute atomic E-state index is 0.227. The van der Waals surface area contributed by atoms with E-state index in [2.05, 4.69) is 0 Å². The molecule has 0 bridgehead atoms. The van der Waals surface area contributed by atoms with E-state index in [1.165, 1.54) is 12.8 Å². The molecule has 3 rings (SSSR count). The van der Waals surface area contributed by atoms with Crippen LogP contribution in [0, 0.1) is 0 Å². The smallest absolute Gasteiger partial charge is 0.162 e. The molecular weight excluding hydrogens is 264 g/mol. The van der Waals surface area contributed by atoms with E-state index in [4.69, 9.17) is 9.47 Å². The Morgan fingerprint density at radius 2 is 1.86 bits per heavy atom. The molecule has 0 radical (unpaired) electrons. The van der Waals surface area contributed by atoms with Crippen molar-refractivity contribution < 1.29 is 14.3 Å². The van der Waals surface area contributed by atoms with Gasteiger partial charge in [0.15, 0.2) is 17.3 Å². The highest BCUT2D eigenvalue weighted by Crippen LogP contribution is 2.35. The number of benzene rings is 1. The fourth-order valence-electron chi connectivity index (χ4n) is 3.17. The molecule has 112 valence electrons. The second kappa shape index (κ2) is 6.33. The van der Waals surface area contributed by atoms with E-state index in [1.54, 1.807) is 13.2 Å². The molecule has 0 saturated heterocycles. The lowest BCUT2D eigenvalue weighted by Gasteiger charge is -2.18. The van der Waals surface area contributed by atoms with Crippen molar-refractivity contribution in [3.63, 3.8) is 0 Å². The Hall–Kier alpha value is -1.77. The van der Waals surface area contributed by atoms with Gasteiger partial charge in [-0.15, -0.1) is 0 Å². The summed E-state index contributed by atoms with van der Waals surface area (Å²) in [6.45, 7) is 0. The maximum Gasteiger partial charge on any atom is 0.162 e. The van der Waals surface area contributed by atoms with Gasteiger partial charge < -0.3 is 9.47 Å². The number of carbonyl (C=O) groups excluding carboxylic acids is 1. The Morgan fingerprint density at radius 1 is 1.05 bits per heavy atom. The third-order valence-corrected chi connectivity index (χ3v) is 4.33. The lowest BCUT2D eigenvalue weighted by Crippen LogP contribution is -2.12. The average Bonchev–Trinajstić information content (AvgIpc) is 3.00. The molecule has 2 aliphatic rings. The molecule has 0 amide bonds. The monoisotopic (exact) mass is 286 g/mol. The molecule has 0 aromatic heterocycles. The minimum Gasteiger partial charge on any atom is -0.493 e. The molecule has 3 heteroatoms. The zero-order chi connectivity index (χ0) is 14.7. The summed E-state index contributed by atoms with van der Waals surface area (Å²) in [7, 11) is 1.67. The Bertz CT molecular complexity index is 554. The SMILES string of the molecule is COc1ccc(C2=CC(=O)CCC2)cc1OC1CCCC1. The first-order valence-corrected chi connectivity index (χ1v) is 7.85. The normalized spacial score (nSPS) is 19.5. The Labute approximate surface area is 125 Å². The minimum atomic E-state index is 0.227. The molecule has 0 aliphatic heterocycles. The van der Waals surface area contributed by atoms with Gasteiger partial charge in [0, 0.05) is 6.42 Å². The van der Waals surface area contributed by atoms with Gasteiger partial charge in [-0.2, -0.15) is 0 Å². The summed E-state index contributed by atoms with van der Waals surface area (Å²) in [5.74, 6) is 1.81. The number of allylic oxidation sites excluding steroid dienone is 2. The number of ether oxygens (including phenoxy) is 2. The van der Waals surface area contributed by atoms with Gasteiger partial charge in [0.2, 0.25) is 0 Å². The van der Waals surface area contributed by atoms with Crippen molar-refractivity contribution in [3.8, 4) is 11.5 Å². The van der Waals surface area contributed by atoms with Crippen LogP contribution in [0.5, 0.6) is 11.5 Å². The van der Waals surface area contributed by atoms with Gasteiger partial charge in [-0.1, -0.05) is 6.07 Å². The van der Waals surface area contributed by atoms with E-state index in [0.29, 0.717) is 12.5 Å². The Kier molecular flexibility index (Phi) is 4.28. The lowest BCUT2D eigenvalue weighted by molar-refractivity contribution is -0.114. The van der Waals surface area contributed by atoms with E-state index in [0.717, 1.165) is 48.3 Å². The van der Waals surface area contributed by atoms with Crippen LogP contribution in [0.1, 0.15) is 50.5 Å². The van der Waals surface area contributed by atoms with E-state index in [-0.39, 0.29) is 5.78 Å². The number of hydrogen-bond donors (Lipinski definition) is 0. The highest BCUT2D eigenvalue weighted by atomic mass is 16.5. The highest BCUT2D eigenvalue weighted by molar-refractivity contribution is 5.98. The van der Waals surface area contributed by atoms with Gasteiger partial charge >= 0.3 is 0 Å². The molecule has 3 nitrogen and oxygen atoms in total. The summed E-state index contributed by atoms with van der Waals surface area (Å²) in [4.78, 5) is 11.6. The molecule has 0 unspecified atom stereocenters. The Balaban J connectivity index is 1.86. The summed E-state index contributed by atoms with van der Waals surface area (Å²) >= 11 is 0. The van der Waals surface area contributed by atoms with Gasteiger partial charge in [0.05, 0.1) is 13.2 Å². The molecule has 0 atom stereocenters. The molecule has 0 N–H and O–H groups in total. The highest BCUT2D eigenvalue weighted by Gasteiger charge is 2.19. The van der Waals surface area contributed by atoms with Gasteiger partial charge in [-0.05, 0) is 67.9 Å². The van der Waals surface area contributed by atoms with Gasteiger partial charge in [0.25, 0.3) is 0 Å². The van der Waals surface area contributed by atoms with Crippen LogP contribution >= 0.6 is 0 Å². The van der Waals surface area contributed by atoms with E-state index >= 15 is 0 Å². The maximum atomic E-state index is 11.6. The van der Waals surface area contributed by atoms with Crippen molar-refractivity contribution in [2.75, 3.05) is 7.11 Å². The first-order chi connectivity index (χ1) is 10.3. The average molecular weight is 286 g/mol. The van der Waals surface area contributed by atoms with Gasteiger partial charge in [0.1, 0.15) is 0 Å². The van der Waals surface area contributed by atoms with Crippen LogP contribution in [0.2, 0.25) is 0 Å². The molecule has 21 heavy (non-hydrogen) atoms. The van der Waals surface area contributed by atoms with Crippen LogP contribution in [0.15, 0.2) is 24.3 Å². The van der Waals surface area contributed by atoms with Crippen molar-refractivity contribution in [1.29, 1.82) is 0 Å². The molecule has 1 aromatic rings. The lowest BCUT2D eigenvalue weighted by atomic mass is 9.93. The third kappa shape index (κ3) is 3.29. The topological polar surface area (TPSA) is 35.5 Å². The fraction of sp³-hybridized carbons (Fsp3) is 0.500. The van der Waals surface area contributed by atoms with Gasteiger partial charge in [-0.3, -0.25) is 4.79 Å². The molecule has 0 spiro atoms. The summed E-state index contributed by atoms with van der Waals surface area (Å²) in [5, 5.41) is 0. The van der Waals surface area contributed by atoms with Crippen LogP contribution in [0.4, 0.5) is 0 Å². The van der Waals surface area contributed by atoms with Crippen molar-refractivity contribution in [3.05, 3.63) is 29.8 Å². The second-order valence-electron chi connectivity index (χ2n) is 5.88. The molecule has 1 fully saturated rings. The third-order valence-electron chi connectivity index (χ3n) is 4.33. The molecular formula is C18H22O3. The first-order valence-electron chi connectivity index (χ1n) is 7.85. The van der Waals surface area contributed by atoms with Gasteiger partial charge in [-0.25, -0.2) is 0 Å². The van der Waals surface area contributed by atoms with Crippen molar-refractivity contribution in [2.45, 2.75) is 51.0 Å². The fourth-order valence-corrected chi connectivity index (χ4v) is 3.17. The predicted octanol–water partition coefficient (Wildman–Crippen LogP) is 4.15. The number of ketones is 1. The van der Waals surface area contributed by atoms with Crippen LogP contribution in [0.25, 0.3) is 5.57 Å². The first kappa shape index (κ1) is 14.2. The number of carbonyl (C=O) groups is 1. The molecule has 2 aliphatic carbocycles. The predicted molar refractivity (Wildman–Crippen MR) is 82.7 cm³/mol. The summed E-state index contributed by atoms with van der Waals surface area (Å²) in [6.07, 6.45) is 9.38. The summed E-state index contributed by atoms with van der Waals surface area (Å²) < 4.78 is 11.5. The number of rotatable bonds is 4. The standard InChI is InChI=1S/C18H22O3/c1-20-17-10-9-14(13-5-4-6-15(19)11-13)12-18(17)21-16-7-2-3-8-16/h9-12,16H,2-8H2,1H3. The van der Waals surface area contributed by atoms with Crippen LogP contribution in [-0.4, -0.2) is 19.0 Å². The molecule has 0 heterocycles. The second-order valence-corrected chi connectivity index (χ2v) is 5.88. The largest absolute Gasteiger partial charge is 0.493 e. The zero-order valence-corrected chi connectivity index (χ0v) is 12.6. The van der Waals surface area contributed by atoms with Crippen LogP contribution in [-0.2, 0) is 4.79 Å². The molecule has 1 saturated carbocycles. The number of hydrogen-bond acceptors (Lipinski definition) is 3. The van der Waals surface area contributed by atoms with E-state index in [9.17, 15) is 4.79 Å². The van der Waals surface area contributed by atoms with Crippen LogP contribution < -0.4 is 9.47 Å². The van der Waals surface area contributed by atoms with Crippen LogP contribution in [0.3, 0.4) is 0 Å². The van der Waals surface area contributed by atoms with Crippen molar-refractivity contribution in [1.82, 2.24) is 0 Å². The van der Waals surface area contributed by atoms with Crippen molar-refractivity contribution >= 4 is 11.4 Å². The Morgan fingerprint density at radius 3 is 2.57 bits per heavy atom. The summed E-state index contributed by atoms with van der Waals surface area (Å²) in [6, 6.07) is 5.99. The van der Waals surface area contributed by atoms with E-state index < -0.39 is 0 Å². The van der Waals surface area contributed by atoms with Crippen molar-refractivity contribution in [2.24, 2.45) is 0 Å². The quantitative estimate of drug-likeness (QED) is 0.834.